The van der Waals surface area contributed by atoms with Crippen molar-refractivity contribution in [1.29, 1.82) is 0 Å². The lowest BCUT2D eigenvalue weighted by molar-refractivity contribution is 0.782. The SMILES string of the molecule is C[C@@H](PC(C)(C)C)c1ccc[cH-]1. The highest BCUT2D eigenvalue weighted by Crippen LogP contribution is 2.44. The average molecular weight is 181 g/mol. The zero-order chi connectivity index (χ0) is 9.19. The second-order valence-electron chi connectivity index (χ2n) is 4.33. The Labute approximate surface area is 77.5 Å². The van der Waals surface area contributed by atoms with Gasteiger partial charge in [-0.1, -0.05) is 27.7 Å². The van der Waals surface area contributed by atoms with E-state index in [1.807, 2.05) is 0 Å². The third-order valence-corrected chi connectivity index (χ3v) is 3.47. The molecule has 0 radical (unpaired) electrons. The third-order valence-electron chi connectivity index (χ3n) is 1.84. The highest BCUT2D eigenvalue weighted by molar-refractivity contribution is 7.40. The topological polar surface area (TPSA) is 0 Å². The van der Waals surface area contributed by atoms with Crippen molar-refractivity contribution in [2.75, 3.05) is 0 Å². The first-order valence-electron chi connectivity index (χ1n) is 4.48. The van der Waals surface area contributed by atoms with Crippen LogP contribution in [-0.4, -0.2) is 5.16 Å². The molecular formula is C11H18P-. The van der Waals surface area contributed by atoms with E-state index >= 15 is 0 Å². The fourth-order valence-electron chi connectivity index (χ4n) is 1.41. The minimum Gasteiger partial charge on any atom is -0.213 e. The molecule has 0 aliphatic rings. The second-order valence-corrected chi connectivity index (χ2v) is 6.99. The summed E-state index contributed by atoms with van der Waals surface area (Å²) in [7, 11) is 1.01. The van der Waals surface area contributed by atoms with E-state index < -0.39 is 0 Å². The summed E-state index contributed by atoms with van der Waals surface area (Å²) in [5, 5.41) is 0.469. The lowest BCUT2D eigenvalue weighted by atomic mass is 10.2. The maximum Gasteiger partial charge on any atom is -0.0202 e. The van der Waals surface area contributed by atoms with Gasteiger partial charge in [-0.05, 0) is 10.8 Å². The van der Waals surface area contributed by atoms with Crippen molar-refractivity contribution in [3.63, 3.8) is 0 Å². The van der Waals surface area contributed by atoms with Crippen LogP contribution in [0.5, 0.6) is 0 Å². The molecule has 0 N–H and O–H groups in total. The molecule has 0 heterocycles. The van der Waals surface area contributed by atoms with E-state index in [1.54, 1.807) is 0 Å². The number of rotatable bonds is 2. The Morgan fingerprint density at radius 2 is 2.08 bits per heavy atom. The summed E-state index contributed by atoms with van der Waals surface area (Å²) < 4.78 is 0. The first-order chi connectivity index (χ1) is 5.49. The van der Waals surface area contributed by atoms with Gasteiger partial charge in [-0.2, -0.15) is 17.7 Å². The predicted molar refractivity (Wildman–Crippen MR) is 58.5 cm³/mol. The second kappa shape index (κ2) is 3.66. The van der Waals surface area contributed by atoms with E-state index in [2.05, 4.69) is 52.0 Å². The Balaban J connectivity index is 2.56. The van der Waals surface area contributed by atoms with Gasteiger partial charge in [0.15, 0.2) is 0 Å². The molecule has 1 unspecified atom stereocenters. The molecular weight excluding hydrogens is 163 g/mol. The summed E-state index contributed by atoms with van der Waals surface area (Å²) in [4.78, 5) is 0. The largest absolute Gasteiger partial charge is 0.213 e. The van der Waals surface area contributed by atoms with Crippen molar-refractivity contribution in [3.8, 4) is 0 Å². The lowest BCUT2D eigenvalue weighted by Gasteiger charge is -2.25. The molecule has 0 amide bonds. The Morgan fingerprint density at radius 3 is 2.50 bits per heavy atom. The molecule has 2 atom stereocenters. The van der Waals surface area contributed by atoms with Crippen LogP contribution in [0.15, 0.2) is 24.3 Å². The van der Waals surface area contributed by atoms with E-state index in [9.17, 15) is 0 Å². The van der Waals surface area contributed by atoms with Gasteiger partial charge in [-0.3, -0.25) is 0 Å². The van der Waals surface area contributed by atoms with Crippen LogP contribution in [0.2, 0.25) is 0 Å². The van der Waals surface area contributed by atoms with Gasteiger partial charge in [-0.25, -0.2) is 12.1 Å². The Kier molecular flexibility index (Phi) is 3.01. The van der Waals surface area contributed by atoms with E-state index in [0.717, 1.165) is 14.2 Å². The van der Waals surface area contributed by atoms with Crippen molar-refractivity contribution in [1.82, 2.24) is 0 Å². The van der Waals surface area contributed by atoms with Crippen molar-refractivity contribution >= 4 is 8.58 Å². The average Bonchev–Trinajstić information content (AvgIpc) is 2.32. The highest BCUT2D eigenvalue weighted by atomic mass is 31.1. The maximum atomic E-state index is 2.32. The quantitative estimate of drug-likeness (QED) is 0.479. The van der Waals surface area contributed by atoms with Gasteiger partial charge in [-0.15, -0.1) is 8.58 Å². The Hall–Kier alpha value is -0.220. The van der Waals surface area contributed by atoms with E-state index in [1.165, 1.54) is 5.56 Å². The molecule has 0 fully saturated rings. The molecule has 0 saturated heterocycles. The van der Waals surface area contributed by atoms with Crippen LogP contribution in [0.25, 0.3) is 0 Å². The minimum absolute atomic E-state index is 0.469. The molecule has 68 valence electrons. The summed E-state index contributed by atoms with van der Waals surface area (Å²) in [6.07, 6.45) is 0. The summed E-state index contributed by atoms with van der Waals surface area (Å²) >= 11 is 0. The van der Waals surface area contributed by atoms with Crippen molar-refractivity contribution in [2.45, 2.75) is 38.5 Å². The first-order valence-corrected chi connectivity index (χ1v) is 5.56. The zero-order valence-electron chi connectivity index (χ0n) is 8.39. The van der Waals surface area contributed by atoms with Crippen LogP contribution in [0.1, 0.15) is 38.9 Å². The van der Waals surface area contributed by atoms with Crippen LogP contribution < -0.4 is 0 Å². The summed E-state index contributed by atoms with van der Waals surface area (Å²) in [5.74, 6) is 0. The standard InChI is InChI=1S/C11H18P/c1-9(12-11(2,3)4)10-7-5-6-8-10/h5-9,12H,1-4H3/q-1/t9-/m1/s1. The third kappa shape index (κ3) is 3.03. The smallest absolute Gasteiger partial charge is 0.0202 e. The Morgan fingerprint density at radius 1 is 1.42 bits per heavy atom. The molecule has 1 rings (SSSR count). The molecule has 1 heteroatoms. The lowest BCUT2D eigenvalue weighted by Crippen LogP contribution is -2.06. The van der Waals surface area contributed by atoms with Crippen LogP contribution in [0, 0.1) is 0 Å². The zero-order valence-corrected chi connectivity index (χ0v) is 9.39. The fourth-order valence-corrected chi connectivity index (χ4v) is 3.07. The van der Waals surface area contributed by atoms with Gasteiger partial charge in [0.05, 0.1) is 0 Å². The first kappa shape index (κ1) is 9.86. The van der Waals surface area contributed by atoms with Gasteiger partial charge in [0.2, 0.25) is 0 Å². The van der Waals surface area contributed by atoms with Crippen LogP contribution in [0.4, 0.5) is 0 Å². The van der Waals surface area contributed by atoms with Gasteiger partial charge >= 0.3 is 0 Å². The maximum absolute atomic E-state index is 2.32. The van der Waals surface area contributed by atoms with Crippen molar-refractivity contribution in [3.05, 3.63) is 29.8 Å². The molecule has 0 aromatic heterocycles. The summed E-state index contributed by atoms with van der Waals surface area (Å²) in [6.45, 7) is 9.25. The normalized spacial score (nSPS) is 15.7. The molecule has 0 aliphatic carbocycles. The molecule has 0 saturated carbocycles. The molecule has 12 heavy (non-hydrogen) atoms. The monoisotopic (exact) mass is 181 g/mol. The molecule has 1 aromatic rings. The van der Waals surface area contributed by atoms with E-state index in [4.69, 9.17) is 0 Å². The van der Waals surface area contributed by atoms with Gasteiger partial charge in [0.25, 0.3) is 0 Å². The minimum atomic E-state index is 0.469. The van der Waals surface area contributed by atoms with Gasteiger partial charge < -0.3 is 0 Å². The summed E-state index contributed by atoms with van der Waals surface area (Å²) in [5.41, 5.74) is 2.21. The van der Waals surface area contributed by atoms with Crippen LogP contribution in [0.3, 0.4) is 0 Å². The number of hydrogen-bond donors (Lipinski definition) is 0. The summed E-state index contributed by atoms with van der Waals surface area (Å²) in [6, 6.07) is 8.70. The van der Waals surface area contributed by atoms with Crippen LogP contribution >= 0.6 is 8.58 Å². The molecule has 0 bridgehead atoms. The highest BCUT2D eigenvalue weighted by Gasteiger charge is 2.13. The van der Waals surface area contributed by atoms with E-state index in [0.29, 0.717) is 5.16 Å². The van der Waals surface area contributed by atoms with Crippen LogP contribution in [-0.2, 0) is 0 Å². The molecule has 0 spiro atoms. The molecule has 0 nitrogen and oxygen atoms in total. The predicted octanol–water partition coefficient (Wildman–Crippen LogP) is 3.94. The van der Waals surface area contributed by atoms with Crippen molar-refractivity contribution in [2.24, 2.45) is 0 Å². The fraction of sp³-hybridized carbons (Fsp3) is 0.545. The van der Waals surface area contributed by atoms with Gasteiger partial charge in [0.1, 0.15) is 0 Å². The van der Waals surface area contributed by atoms with Gasteiger partial charge in [0, 0.05) is 0 Å². The Bertz CT molecular complexity index is 216. The molecule has 1 aromatic carbocycles. The number of hydrogen-bond acceptors (Lipinski definition) is 0. The molecule has 0 aliphatic heterocycles. The van der Waals surface area contributed by atoms with E-state index in [-0.39, 0.29) is 0 Å². The van der Waals surface area contributed by atoms with Crippen molar-refractivity contribution < 1.29 is 0 Å².